The van der Waals surface area contributed by atoms with Crippen molar-refractivity contribution < 1.29 is 9.85 Å². The van der Waals surface area contributed by atoms with Crippen LogP contribution in [0, 0.1) is 20.2 Å². The fourth-order valence-electron chi connectivity index (χ4n) is 2.67. The molecule has 0 bridgehead atoms. The molecule has 3 aromatic rings. The standard InChI is InChI=1S/C18H16N6O4/c1-22(11-13-6-3-2-4-7-13)18-16(24(27)28)17(19-12-20-18)21-14-8-5-9-15(10-14)23(25)26/h2-10,12H,11H2,1H3,(H,19,20,21). The predicted molar refractivity (Wildman–Crippen MR) is 104 cm³/mol. The number of nitrogens with one attached hydrogen (secondary N) is 1. The molecule has 0 aliphatic heterocycles. The second kappa shape index (κ2) is 8.08. The van der Waals surface area contributed by atoms with Gasteiger partial charge in [0.15, 0.2) is 0 Å². The molecule has 0 spiro atoms. The van der Waals surface area contributed by atoms with E-state index in [1.807, 2.05) is 30.3 Å². The van der Waals surface area contributed by atoms with Crippen LogP contribution in [0.4, 0.5) is 28.7 Å². The Labute approximate surface area is 159 Å². The average molecular weight is 380 g/mol. The van der Waals surface area contributed by atoms with Gasteiger partial charge < -0.3 is 10.2 Å². The maximum Gasteiger partial charge on any atom is 0.353 e. The molecule has 10 heteroatoms. The minimum atomic E-state index is -0.573. The van der Waals surface area contributed by atoms with Crippen molar-refractivity contribution in [2.45, 2.75) is 6.54 Å². The van der Waals surface area contributed by atoms with Crippen LogP contribution in [0.1, 0.15) is 5.56 Å². The lowest BCUT2D eigenvalue weighted by atomic mass is 10.2. The van der Waals surface area contributed by atoms with Crippen LogP contribution in [0.2, 0.25) is 0 Å². The van der Waals surface area contributed by atoms with Crippen molar-refractivity contribution in [1.29, 1.82) is 0 Å². The minimum Gasteiger partial charge on any atom is -0.349 e. The molecule has 0 aliphatic carbocycles. The zero-order valence-corrected chi connectivity index (χ0v) is 14.8. The van der Waals surface area contributed by atoms with E-state index in [0.717, 1.165) is 5.56 Å². The number of hydrogen-bond acceptors (Lipinski definition) is 8. The molecule has 1 heterocycles. The molecular weight excluding hydrogens is 364 g/mol. The molecule has 0 saturated heterocycles. The van der Waals surface area contributed by atoms with Gasteiger partial charge in [-0.05, 0) is 11.6 Å². The molecule has 0 saturated carbocycles. The fraction of sp³-hybridized carbons (Fsp3) is 0.111. The minimum absolute atomic E-state index is 0.0459. The number of rotatable bonds is 7. The molecule has 0 fully saturated rings. The first-order valence-electron chi connectivity index (χ1n) is 8.21. The summed E-state index contributed by atoms with van der Waals surface area (Å²) in [6, 6.07) is 15.1. The van der Waals surface area contributed by atoms with Crippen LogP contribution >= 0.6 is 0 Å². The van der Waals surface area contributed by atoms with E-state index in [0.29, 0.717) is 12.2 Å². The first-order valence-corrected chi connectivity index (χ1v) is 8.21. The van der Waals surface area contributed by atoms with Crippen molar-refractivity contribution in [3.8, 4) is 0 Å². The number of anilines is 3. The Balaban J connectivity index is 1.94. The third-order valence-electron chi connectivity index (χ3n) is 3.93. The van der Waals surface area contributed by atoms with Gasteiger partial charge in [0.05, 0.1) is 9.85 Å². The smallest absolute Gasteiger partial charge is 0.349 e. The quantitative estimate of drug-likeness (QED) is 0.486. The molecule has 3 rings (SSSR count). The van der Waals surface area contributed by atoms with Crippen molar-refractivity contribution in [2.75, 3.05) is 17.3 Å². The van der Waals surface area contributed by atoms with Gasteiger partial charge in [0.2, 0.25) is 11.6 Å². The summed E-state index contributed by atoms with van der Waals surface area (Å²) < 4.78 is 0. The monoisotopic (exact) mass is 380 g/mol. The number of nitrogens with zero attached hydrogens (tertiary/aromatic N) is 5. The molecule has 1 N–H and O–H groups in total. The van der Waals surface area contributed by atoms with E-state index in [2.05, 4.69) is 15.3 Å². The molecule has 28 heavy (non-hydrogen) atoms. The molecular formula is C18H16N6O4. The lowest BCUT2D eigenvalue weighted by Gasteiger charge is -2.19. The van der Waals surface area contributed by atoms with E-state index >= 15 is 0 Å². The van der Waals surface area contributed by atoms with E-state index in [1.165, 1.54) is 24.5 Å². The topological polar surface area (TPSA) is 127 Å². The average Bonchev–Trinajstić information content (AvgIpc) is 2.68. The lowest BCUT2D eigenvalue weighted by Crippen LogP contribution is -2.20. The highest BCUT2D eigenvalue weighted by molar-refractivity contribution is 5.74. The van der Waals surface area contributed by atoms with E-state index in [9.17, 15) is 20.2 Å². The number of aromatic nitrogens is 2. The highest BCUT2D eigenvalue weighted by Crippen LogP contribution is 2.34. The Morgan fingerprint density at radius 3 is 2.43 bits per heavy atom. The maximum atomic E-state index is 11.7. The Morgan fingerprint density at radius 2 is 1.75 bits per heavy atom. The van der Waals surface area contributed by atoms with Crippen LogP contribution in [0.5, 0.6) is 0 Å². The number of nitro benzene ring substituents is 1. The van der Waals surface area contributed by atoms with Crippen LogP contribution in [-0.4, -0.2) is 26.9 Å². The largest absolute Gasteiger partial charge is 0.353 e. The number of hydrogen-bond donors (Lipinski definition) is 1. The molecule has 0 radical (unpaired) electrons. The lowest BCUT2D eigenvalue weighted by molar-refractivity contribution is -0.384. The highest BCUT2D eigenvalue weighted by Gasteiger charge is 2.26. The van der Waals surface area contributed by atoms with Crippen LogP contribution in [0.3, 0.4) is 0 Å². The summed E-state index contributed by atoms with van der Waals surface area (Å²) >= 11 is 0. The first-order chi connectivity index (χ1) is 13.5. The van der Waals surface area contributed by atoms with Gasteiger partial charge in [-0.3, -0.25) is 20.2 Å². The van der Waals surface area contributed by atoms with Gasteiger partial charge >= 0.3 is 5.69 Å². The summed E-state index contributed by atoms with van der Waals surface area (Å²) in [5.74, 6) is 0.0900. The van der Waals surface area contributed by atoms with Crippen molar-refractivity contribution >= 4 is 28.7 Å². The maximum absolute atomic E-state index is 11.7. The van der Waals surface area contributed by atoms with Crippen LogP contribution in [-0.2, 0) is 6.54 Å². The van der Waals surface area contributed by atoms with Gasteiger partial charge in [0.1, 0.15) is 6.33 Å². The van der Waals surface area contributed by atoms with Gasteiger partial charge in [0, 0.05) is 31.4 Å². The van der Waals surface area contributed by atoms with Gasteiger partial charge in [-0.2, -0.15) is 0 Å². The second-order valence-corrected chi connectivity index (χ2v) is 5.93. The summed E-state index contributed by atoms with van der Waals surface area (Å²) in [7, 11) is 1.69. The second-order valence-electron chi connectivity index (χ2n) is 5.93. The normalized spacial score (nSPS) is 10.3. The summed E-state index contributed by atoms with van der Waals surface area (Å²) in [5, 5.41) is 25.4. The first kappa shape index (κ1) is 18.7. The highest BCUT2D eigenvalue weighted by atomic mass is 16.6. The summed E-state index contributed by atoms with van der Waals surface area (Å²) in [6.07, 6.45) is 1.21. The number of benzene rings is 2. The van der Waals surface area contributed by atoms with Crippen molar-refractivity contribution in [1.82, 2.24) is 9.97 Å². The summed E-state index contributed by atoms with van der Waals surface area (Å²) in [4.78, 5) is 31.2. The molecule has 0 unspecified atom stereocenters. The summed E-state index contributed by atoms with van der Waals surface area (Å²) in [6.45, 7) is 0.412. The Bertz CT molecular complexity index is 1010. The Kier molecular flexibility index (Phi) is 5.40. The Hall–Kier alpha value is -4.08. The Morgan fingerprint density at radius 1 is 1.00 bits per heavy atom. The van der Waals surface area contributed by atoms with Crippen LogP contribution in [0.15, 0.2) is 60.9 Å². The van der Waals surface area contributed by atoms with Crippen molar-refractivity contribution in [2.24, 2.45) is 0 Å². The molecule has 2 aromatic carbocycles. The summed E-state index contributed by atoms with van der Waals surface area (Å²) in [5.41, 5.74) is 0.828. The van der Waals surface area contributed by atoms with Gasteiger partial charge in [0.25, 0.3) is 5.69 Å². The van der Waals surface area contributed by atoms with Crippen molar-refractivity contribution in [3.05, 3.63) is 86.7 Å². The van der Waals surface area contributed by atoms with E-state index in [4.69, 9.17) is 0 Å². The van der Waals surface area contributed by atoms with Gasteiger partial charge in [-0.15, -0.1) is 0 Å². The fourth-order valence-corrected chi connectivity index (χ4v) is 2.67. The van der Waals surface area contributed by atoms with Crippen molar-refractivity contribution in [3.63, 3.8) is 0 Å². The van der Waals surface area contributed by atoms with Gasteiger partial charge in [-0.25, -0.2) is 9.97 Å². The molecule has 1 aromatic heterocycles. The predicted octanol–water partition coefficient (Wildman–Crippen LogP) is 3.67. The SMILES string of the molecule is CN(Cc1ccccc1)c1ncnc(Nc2cccc([N+](=O)[O-])c2)c1[N+](=O)[O-]. The van der Waals surface area contributed by atoms with Crippen LogP contribution < -0.4 is 10.2 Å². The zero-order chi connectivity index (χ0) is 20.1. The van der Waals surface area contributed by atoms with Gasteiger partial charge in [-0.1, -0.05) is 36.4 Å². The third kappa shape index (κ3) is 4.18. The zero-order valence-electron chi connectivity index (χ0n) is 14.8. The molecule has 0 amide bonds. The van der Waals surface area contributed by atoms with Crippen LogP contribution in [0.25, 0.3) is 0 Å². The van der Waals surface area contributed by atoms with E-state index < -0.39 is 9.85 Å². The number of non-ortho nitro benzene ring substituents is 1. The number of nitro groups is 2. The molecule has 0 atom stereocenters. The molecule has 10 nitrogen and oxygen atoms in total. The third-order valence-corrected chi connectivity index (χ3v) is 3.93. The van der Waals surface area contributed by atoms with E-state index in [-0.39, 0.29) is 23.0 Å². The van der Waals surface area contributed by atoms with E-state index in [1.54, 1.807) is 18.0 Å². The molecule has 142 valence electrons. The molecule has 0 aliphatic rings.